The third-order valence-electron chi connectivity index (χ3n) is 5.76. The maximum Gasteiger partial charge on any atom is 0.264 e. The van der Waals surface area contributed by atoms with Gasteiger partial charge in [-0.1, -0.05) is 23.2 Å². The van der Waals surface area contributed by atoms with Gasteiger partial charge in [-0.15, -0.1) is 11.3 Å². The van der Waals surface area contributed by atoms with E-state index in [2.05, 4.69) is 14.9 Å². The van der Waals surface area contributed by atoms with Gasteiger partial charge in [0.1, 0.15) is 16.5 Å². The van der Waals surface area contributed by atoms with E-state index in [4.69, 9.17) is 23.2 Å². The molecular weight excluding hydrogens is 445 g/mol. The minimum Gasteiger partial charge on any atom is -0.352 e. The summed E-state index contributed by atoms with van der Waals surface area (Å²) in [5.41, 5.74) is 0.720. The number of carbonyl (C=O) groups is 1. The van der Waals surface area contributed by atoms with Crippen LogP contribution in [0.25, 0.3) is 10.2 Å². The number of carbonyl (C=O) groups excluding carboxylic acids is 1. The van der Waals surface area contributed by atoms with E-state index in [1.807, 2.05) is 11.8 Å². The SMILES string of the molecule is Cc1c(C(=O)N2CCN(c3ncc(Cl)cc3Cl)CC2)sc2nc3n(c(=O)c12)CCC3. The van der Waals surface area contributed by atoms with Crippen LogP contribution in [-0.4, -0.2) is 51.5 Å². The molecule has 5 rings (SSSR count). The molecule has 30 heavy (non-hydrogen) atoms. The van der Waals surface area contributed by atoms with Crippen molar-refractivity contribution in [3.63, 3.8) is 0 Å². The lowest BCUT2D eigenvalue weighted by Crippen LogP contribution is -2.49. The number of pyridine rings is 1. The molecule has 0 spiro atoms. The highest BCUT2D eigenvalue weighted by Crippen LogP contribution is 2.31. The Morgan fingerprint density at radius 1 is 1.17 bits per heavy atom. The Balaban J connectivity index is 1.38. The van der Waals surface area contributed by atoms with Crippen molar-refractivity contribution in [2.45, 2.75) is 26.3 Å². The van der Waals surface area contributed by atoms with E-state index in [1.54, 1.807) is 16.8 Å². The van der Waals surface area contributed by atoms with Crippen molar-refractivity contribution in [2.75, 3.05) is 31.1 Å². The van der Waals surface area contributed by atoms with Crippen LogP contribution in [0.4, 0.5) is 5.82 Å². The molecule has 156 valence electrons. The number of aryl methyl sites for hydroxylation is 2. The highest BCUT2D eigenvalue weighted by Gasteiger charge is 2.28. The zero-order chi connectivity index (χ0) is 21.0. The second-order valence-electron chi connectivity index (χ2n) is 7.56. The summed E-state index contributed by atoms with van der Waals surface area (Å²) in [5.74, 6) is 1.46. The number of aromatic nitrogens is 3. The Kier molecular flexibility index (Phi) is 4.95. The fourth-order valence-electron chi connectivity index (χ4n) is 4.18. The third-order valence-corrected chi connectivity index (χ3v) is 7.42. The molecule has 0 atom stereocenters. The summed E-state index contributed by atoms with van der Waals surface area (Å²) in [7, 11) is 0. The lowest BCUT2D eigenvalue weighted by Gasteiger charge is -2.35. The molecule has 0 bridgehead atoms. The average Bonchev–Trinajstić information content (AvgIpc) is 3.33. The van der Waals surface area contributed by atoms with Crippen molar-refractivity contribution in [1.29, 1.82) is 0 Å². The minimum atomic E-state index is -0.0464. The van der Waals surface area contributed by atoms with E-state index >= 15 is 0 Å². The lowest BCUT2D eigenvalue weighted by molar-refractivity contribution is 0.0751. The summed E-state index contributed by atoms with van der Waals surface area (Å²) in [4.78, 5) is 40.3. The normalized spacial score (nSPS) is 16.4. The van der Waals surface area contributed by atoms with Gasteiger partial charge in [-0.25, -0.2) is 9.97 Å². The number of halogens is 2. The number of amides is 1. The van der Waals surface area contributed by atoms with Gasteiger partial charge in [0.25, 0.3) is 11.5 Å². The molecule has 7 nitrogen and oxygen atoms in total. The lowest BCUT2D eigenvalue weighted by atomic mass is 10.2. The van der Waals surface area contributed by atoms with Crippen LogP contribution in [-0.2, 0) is 13.0 Å². The first-order chi connectivity index (χ1) is 14.4. The topological polar surface area (TPSA) is 71.3 Å². The first-order valence-electron chi connectivity index (χ1n) is 9.82. The van der Waals surface area contributed by atoms with Crippen molar-refractivity contribution >= 4 is 56.5 Å². The minimum absolute atomic E-state index is 0.0198. The Morgan fingerprint density at radius 2 is 1.93 bits per heavy atom. The van der Waals surface area contributed by atoms with E-state index in [-0.39, 0.29) is 11.5 Å². The number of piperazine rings is 1. The number of nitrogens with zero attached hydrogens (tertiary/aromatic N) is 5. The van der Waals surface area contributed by atoms with Gasteiger partial charge in [-0.3, -0.25) is 14.2 Å². The van der Waals surface area contributed by atoms with Gasteiger partial charge < -0.3 is 9.80 Å². The fraction of sp³-hybridized carbons (Fsp3) is 0.400. The Morgan fingerprint density at radius 3 is 2.67 bits per heavy atom. The molecule has 10 heteroatoms. The predicted octanol–water partition coefficient (Wildman–Crippen LogP) is 3.38. The van der Waals surface area contributed by atoms with E-state index in [0.717, 1.165) is 24.2 Å². The van der Waals surface area contributed by atoms with Crippen molar-refractivity contribution in [3.8, 4) is 0 Å². The number of hydrogen-bond donors (Lipinski definition) is 0. The molecule has 5 heterocycles. The summed E-state index contributed by atoms with van der Waals surface area (Å²) >= 11 is 13.5. The number of thiophene rings is 1. The predicted molar refractivity (Wildman–Crippen MR) is 119 cm³/mol. The maximum atomic E-state index is 13.2. The number of fused-ring (bicyclic) bond motifs is 2. The summed E-state index contributed by atoms with van der Waals surface area (Å²) in [5, 5.41) is 1.58. The van der Waals surface area contributed by atoms with E-state index in [0.29, 0.717) is 63.7 Å². The molecule has 0 N–H and O–H groups in total. The summed E-state index contributed by atoms with van der Waals surface area (Å²) in [6, 6.07) is 1.67. The molecule has 3 aromatic heterocycles. The summed E-state index contributed by atoms with van der Waals surface area (Å²) < 4.78 is 1.75. The van der Waals surface area contributed by atoms with E-state index < -0.39 is 0 Å². The molecule has 1 fully saturated rings. The van der Waals surface area contributed by atoms with Crippen LogP contribution in [0.15, 0.2) is 17.1 Å². The van der Waals surface area contributed by atoms with Crippen LogP contribution in [0.5, 0.6) is 0 Å². The molecule has 2 aliphatic rings. The van der Waals surface area contributed by atoms with Crippen molar-refractivity contribution in [1.82, 2.24) is 19.4 Å². The zero-order valence-corrected chi connectivity index (χ0v) is 18.6. The third kappa shape index (κ3) is 3.18. The van der Waals surface area contributed by atoms with Crippen LogP contribution in [0.2, 0.25) is 10.0 Å². The molecule has 0 saturated carbocycles. The van der Waals surface area contributed by atoms with Crippen molar-refractivity contribution in [3.05, 3.63) is 48.9 Å². The van der Waals surface area contributed by atoms with Gasteiger partial charge >= 0.3 is 0 Å². The maximum absolute atomic E-state index is 13.2. The van der Waals surface area contributed by atoms with Gasteiger partial charge in [0.05, 0.1) is 20.3 Å². The molecule has 0 radical (unpaired) electrons. The Labute approximate surface area is 186 Å². The fourth-order valence-corrected chi connectivity index (χ4v) is 5.84. The molecule has 1 saturated heterocycles. The van der Waals surface area contributed by atoms with Gasteiger partial charge in [-0.05, 0) is 25.0 Å². The molecular formula is C20H19Cl2N5O2S. The van der Waals surface area contributed by atoms with Crippen molar-refractivity contribution in [2.24, 2.45) is 0 Å². The monoisotopic (exact) mass is 463 g/mol. The van der Waals surface area contributed by atoms with Crippen LogP contribution in [0, 0.1) is 6.92 Å². The first-order valence-corrected chi connectivity index (χ1v) is 11.4. The largest absolute Gasteiger partial charge is 0.352 e. The second-order valence-corrected chi connectivity index (χ2v) is 9.41. The van der Waals surface area contributed by atoms with Gasteiger partial charge in [0.2, 0.25) is 0 Å². The zero-order valence-electron chi connectivity index (χ0n) is 16.3. The highest BCUT2D eigenvalue weighted by molar-refractivity contribution is 7.20. The molecule has 2 aliphatic heterocycles. The van der Waals surface area contributed by atoms with Gasteiger partial charge in [0, 0.05) is 45.3 Å². The number of rotatable bonds is 2. The molecule has 0 aliphatic carbocycles. The second kappa shape index (κ2) is 7.51. The van der Waals surface area contributed by atoms with Crippen molar-refractivity contribution < 1.29 is 4.79 Å². The van der Waals surface area contributed by atoms with E-state index in [1.165, 1.54) is 11.3 Å². The van der Waals surface area contributed by atoms with Crippen LogP contribution >= 0.6 is 34.5 Å². The average molecular weight is 464 g/mol. The summed E-state index contributed by atoms with van der Waals surface area (Å²) in [6.45, 7) is 4.91. The van der Waals surface area contributed by atoms with Gasteiger partial charge in [-0.2, -0.15) is 0 Å². The molecule has 3 aromatic rings. The van der Waals surface area contributed by atoms with Crippen LogP contribution in [0.3, 0.4) is 0 Å². The van der Waals surface area contributed by atoms with Crippen LogP contribution < -0.4 is 10.5 Å². The Bertz CT molecular complexity index is 1230. The molecule has 0 aromatic carbocycles. The quantitative estimate of drug-likeness (QED) is 0.582. The highest BCUT2D eigenvalue weighted by atomic mass is 35.5. The number of anilines is 1. The first kappa shape index (κ1) is 19.8. The smallest absolute Gasteiger partial charge is 0.264 e. The summed E-state index contributed by atoms with van der Waals surface area (Å²) in [6.07, 6.45) is 3.33. The number of hydrogen-bond acceptors (Lipinski definition) is 6. The standard InChI is InChI=1S/C20H19Cl2N5O2S/c1-11-15-18(24-14-3-2-4-27(14)19(15)28)30-16(11)20(29)26-7-5-25(6-8-26)17-13(22)9-12(21)10-23-17/h9-10H,2-8H2,1H3. The Hall–Kier alpha value is -2.16. The molecule has 1 amide bonds. The van der Waals surface area contributed by atoms with Gasteiger partial charge in [0.15, 0.2) is 0 Å². The van der Waals surface area contributed by atoms with E-state index in [9.17, 15) is 9.59 Å². The van der Waals surface area contributed by atoms with Crippen LogP contribution in [0.1, 0.15) is 27.5 Å². The molecule has 0 unspecified atom stereocenters.